The lowest BCUT2D eigenvalue weighted by Gasteiger charge is -2.29. The Labute approximate surface area is 154 Å². The summed E-state index contributed by atoms with van der Waals surface area (Å²) < 4.78 is 5.39. The van der Waals surface area contributed by atoms with E-state index in [9.17, 15) is 9.59 Å². The van der Waals surface area contributed by atoms with Crippen molar-refractivity contribution in [3.63, 3.8) is 0 Å². The first-order valence-corrected chi connectivity index (χ1v) is 9.44. The predicted molar refractivity (Wildman–Crippen MR) is 102 cm³/mol. The van der Waals surface area contributed by atoms with E-state index in [4.69, 9.17) is 4.74 Å². The molecule has 2 saturated heterocycles. The van der Waals surface area contributed by atoms with Crippen LogP contribution in [0.3, 0.4) is 0 Å². The summed E-state index contributed by atoms with van der Waals surface area (Å²) in [6.07, 6.45) is 1.75. The van der Waals surface area contributed by atoms with E-state index in [2.05, 4.69) is 17.1 Å². The molecule has 0 bridgehead atoms. The molecule has 3 amide bonds. The van der Waals surface area contributed by atoms with Crippen molar-refractivity contribution in [3.05, 3.63) is 24.3 Å². The third kappa shape index (κ3) is 4.66. The van der Waals surface area contributed by atoms with Crippen LogP contribution in [-0.2, 0) is 9.53 Å². The molecule has 3 rings (SSSR count). The fourth-order valence-electron chi connectivity index (χ4n) is 3.40. The number of amides is 3. The minimum absolute atomic E-state index is 0.0292. The molecule has 2 heterocycles. The minimum atomic E-state index is -0.212. The van der Waals surface area contributed by atoms with Crippen molar-refractivity contribution >= 4 is 23.3 Å². The highest BCUT2D eigenvalue weighted by atomic mass is 16.5. The van der Waals surface area contributed by atoms with E-state index in [1.165, 1.54) is 0 Å². The lowest BCUT2D eigenvalue weighted by molar-refractivity contribution is -0.130. The first kappa shape index (κ1) is 18.5. The minimum Gasteiger partial charge on any atom is -0.378 e. The fourth-order valence-corrected chi connectivity index (χ4v) is 3.40. The number of hydrogen-bond acceptors (Lipinski definition) is 4. The second-order valence-electron chi connectivity index (χ2n) is 6.74. The van der Waals surface area contributed by atoms with Gasteiger partial charge in [0.2, 0.25) is 5.91 Å². The van der Waals surface area contributed by atoms with Crippen molar-refractivity contribution in [3.8, 4) is 0 Å². The number of carbonyl (C=O) groups is 2. The number of ether oxygens (including phenoxy) is 1. The van der Waals surface area contributed by atoms with Crippen molar-refractivity contribution in [1.82, 2.24) is 9.80 Å². The number of benzene rings is 1. The number of rotatable bonds is 4. The number of nitrogens with zero attached hydrogens (tertiary/aromatic N) is 3. The third-order valence-electron chi connectivity index (χ3n) is 4.79. The third-order valence-corrected chi connectivity index (χ3v) is 4.79. The molecule has 2 fully saturated rings. The van der Waals surface area contributed by atoms with Crippen LogP contribution in [0.25, 0.3) is 0 Å². The van der Waals surface area contributed by atoms with Gasteiger partial charge < -0.3 is 24.8 Å². The molecule has 1 aromatic carbocycles. The maximum absolute atomic E-state index is 12.6. The zero-order valence-corrected chi connectivity index (χ0v) is 15.4. The largest absolute Gasteiger partial charge is 0.378 e. The normalized spacial score (nSPS) is 18.7. The highest BCUT2D eigenvalue weighted by Gasteiger charge is 2.24. The Bertz CT molecular complexity index is 631. The maximum Gasteiger partial charge on any atom is 0.322 e. The van der Waals surface area contributed by atoms with Crippen LogP contribution in [0, 0.1) is 0 Å². The van der Waals surface area contributed by atoms with E-state index < -0.39 is 0 Å². The Morgan fingerprint density at radius 2 is 2.00 bits per heavy atom. The van der Waals surface area contributed by atoms with Gasteiger partial charge in [0.25, 0.3) is 0 Å². The van der Waals surface area contributed by atoms with E-state index in [1.54, 1.807) is 4.90 Å². The van der Waals surface area contributed by atoms with E-state index in [-0.39, 0.29) is 18.5 Å². The van der Waals surface area contributed by atoms with Crippen molar-refractivity contribution in [1.29, 1.82) is 0 Å². The van der Waals surface area contributed by atoms with E-state index in [0.29, 0.717) is 6.54 Å². The quantitative estimate of drug-likeness (QED) is 0.892. The molecule has 0 unspecified atom stereocenters. The molecule has 0 saturated carbocycles. The number of hydrogen-bond donors (Lipinski definition) is 1. The molecular weight excluding hydrogens is 332 g/mol. The number of morpholine rings is 1. The summed E-state index contributed by atoms with van der Waals surface area (Å²) in [4.78, 5) is 30.7. The standard InChI is InChI=1S/C19H28N4O3/c1-2-7-22-8-4-9-23(15-18(22)24)19(25)20-16-5-3-6-17(14-16)21-10-12-26-13-11-21/h3,5-6,14H,2,4,7-13,15H2,1H3,(H,20,25). The molecule has 1 aromatic rings. The monoisotopic (exact) mass is 360 g/mol. The van der Waals surface area contributed by atoms with E-state index in [1.807, 2.05) is 29.2 Å². The Morgan fingerprint density at radius 1 is 1.19 bits per heavy atom. The van der Waals surface area contributed by atoms with Gasteiger partial charge in [-0.2, -0.15) is 0 Å². The Hall–Kier alpha value is -2.28. The van der Waals surface area contributed by atoms with Gasteiger partial charge >= 0.3 is 6.03 Å². The molecule has 0 atom stereocenters. The molecule has 26 heavy (non-hydrogen) atoms. The van der Waals surface area contributed by atoms with Gasteiger partial charge in [0.1, 0.15) is 6.54 Å². The molecule has 1 N–H and O–H groups in total. The fraction of sp³-hybridized carbons (Fsp3) is 0.579. The van der Waals surface area contributed by atoms with Crippen molar-refractivity contribution in [2.75, 3.05) is 62.7 Å². The Morgan fingerprint density at radius 3 is 2.77 bits per heavy atom. The number of carbonyl (C=O) groups excluding carboxylic acids is 2. The van der Waals surface area contributed by atoms with Crippen molar-refractivity contribution in [2.24, 2.45) is 0 Å². The smallest absolute Gasteiger partial charge is 0.322 e. The molecule has 0 spiro atoms. The Balaban J connectivity index is 1.61. The average Bonchev–Trinajstić information content (AvgIpc) is 2.85. The van der Waals surface area contributed by atoms with Crippen LogP contribution < -0.4 is 10.2 Å². The van der Waals surface area contributed by atoms with Gasteiger partial charge in [-0.3, -0.25) is 4.79 Å². The molecule has 2 aliphatic rings. The highest BCUT2D eigenvalue weighted by molar-refractivity contribution is 5.93. The number of nitrogens with one attached hydrogen (secondary N) is 1. The topological polar surface area (TPSA) is 65.1 Å². The van der Waals surface area contributed by atoms with E-state index in [0.717, 1.165) is 63.6 Å². The lowest BCUT2D eigenvalue weighted by Crippen LogP contribution is -2.41. The SMILES string of the molecule is CCCN1CCCN(C(=O)Nc2cccc(N3CCOCC3)c2)CC1=O. The predicted octanol–water partition coefficient (Wildman–Crippen LogP) is 2.00. The molecule has 0 radical (unpaired) electrons. The van der Waals surface area contributed by atoms with Gasteiger partial charge in [0.05, 0.1) is 13.2 Å². The summed E-state index contributed by atoms with van der Waals surface area (Å²) >= 11 is 0. The summed E-state index contributed by atoms with van der Waals surface area (Å²) in [5, 5.41) is 2.94. The summed E-state index contributed by atoms with van der Waals surface area (Å²) in [6.45, 7) is 7.44. The van der Waals surface area contributed by atoms with E-state index >= 15 is 0 Å². The summed E-state index contributed by atoms with van der Waals surface area (Å²) in [7, 11) is 0. The second kappa shape index (κ2) is 8.89. The summed E-state index contributed by atoms with van der Waals surface area (Å²) in [6, 6.07) is 7.63. The zero-order valence-electron chi connectivity index (χ0n) is 15.4. The first-order valence-electron chi connectivity index (χ1n) is 9.44. The van der Waals surface area contributed by atoms with Gasteiger partial charge in [-0.1, -0.05) is 13.0 Å². The van der Waals surface area contributed by atoms with Gasteiger partial charge in [-0.25, -0.2) is 4.79 Å². The van der Waals surface area contributed by atoms with Crippen LogP contribution in [-0.4, -0.2) is 74.2 Å². The number of anilines is 2. The van der Waals surface area contributed by atoms with Gasteiger partial charge in [0.15, 0.2) is 0 Å². The lowest BCUT2D eigenvalue weighted by atomic mass is 10.2. The molecule has 7 nitrogen and oxygen atoms in total. The van der Waals surface area contributed by atoms with Gasteiger partial charge in [0, 0.05) is 44.1 Å². The zero-order chi connectivity index (χ0) is 18.4. The van der Waals surface area contributed by atoms with Gasteiger partial charge in [-0.05, 0) is 31.0 Å². The van der Waals surface area contributed by atoms with Crippen LogP contribution in [0.4, 0.5) is 16.2 Å². The van der Waals surface area contributed by atoms with Crippen molar-refractivity contribution in [2.45, 2.75) is 19.8 Å². The summed E-state index contributed by atoms with van der Waals surface area (Å²) in [5.74, 6) is 0.0292. The van der Waals surface area contributed by atoms with Crippen LogP contribution >= 0.6 is 0 Å². The Kier molecular flexibility index (Phi) is 6.33. The van der Waals surface area contributed by atoms with Gasteiger partial charge in [-0.15, -0.1) is 0 Å². The highest BCUT2D eigenvalue weighted by Crippen LogP contribution is 2.21. The number of urea groups is 1. The van der Waals surface area contributed by atoms with Crippen molar-refractivity contribution < 1.29 is 14.3 Å². The molecule has 0 aliphatic carbocycles. The second-order valence-corrected chi connectivity index (χ2v) is 6.74. The molecule has 0 aromatic heterocycles. The average molecular weight is 360 g/mol. The van der Waals surface area contributed by atoms with Crippen LogP contribution in [0.1, 0.15) is 19.8 Å². The maximum atomic E-state index is 12.6. The molecular formula is C19H28N4O3. The molecule has 142 valence electrons. The molecule has 2 aliphatic heterocycles. The van der Waals surface area contributed by atoms with Crippen LogP contribution in [0.2, 0.25) is 0 Å². The molecule has 7 heteroatoms. The summed E-state index contributed by atoms with van der Waals surface area (Å²) in [5.41, 5.74) is 1.83. The van der Waals surface area contributed by atoms with Crippen LogP contribution in [0.5, 0.6) is 0 Å². The first-order chi connectivity index (χ1) is 12.7. The van der Waals surface area contributed by atoms with Crippen LogP contribution in [0.15, 0.2) is 24.3 Å².